The zero-order valence-electron chi connectivity index (χ0n) is 17.6. The number of fused-ring (bicyclic) bond motifs is 1. The Hall–Kier alpha value is -3.22. The molecule has 1 aromatic carbocycles. The van der Waals surface area contributed by atoms with Gasteiger partial charge in [0.2, 0.25) is 0 Å². The van der Waals surface area contributed by atoms with Gasteiger partial charge in [-0.15, -0.1) is 0 Å². The van der Waals surface area contributed by atoms with Crippen LogP contribution in [0.3, 0.4) is 0 Å². The van der Waals surface area contributed by atoms with Crippen molar-refractivity contribution in [3.8, 4) is 11.1 Å². The van der Waals surface area contributed by atoms with Gasteiger partial charge in [0.25, 0.3) is 5.91 Å². The highest BCUT2D eigenvalue weighted by atomic mass is 16.5. The number of methoxy groups -OCH3 is 1. The van der Waals surface area contributed by atoms with Gasteiger partial charge in [-0.3, -0.25) is 9.48 Å². The quantitative estimate of drug-likeness (QED) is 0.478. The second kappa shape index (κ2) is 8.26. The molecule has 0 unspecified atom stereocenters. The van der Waals surface area contributed by atoms with Crippen LogP contribution < -0.4 is 5.32 Å². The van der Waals surface area contributed by atoms with Crippen LogP contribution >= 0.6 is 0 Å². The Morgan fingerprint density at radius 2 is 2.07 bits per heavy atom. The molecule has 0 aliphatic heterocycles. The maximum atomic E-state index is 12.9. The van der Waals surface area contributed by atoms with Crippen molar-refractivity contribution in [2.24, 2.45) is 13.0 Å². The Bertz CT molecular complexity index is 1120. The number of amides is 1. The van der Waals surface area contributed by atoms with Crippen LogP contribution in [0.1, 0.15) is 52.2 Å². The van der Waals surface area contributed by atoms with Gasteiger partial charge in [0.1, 0.15) is 5.69 Å². The number of aromatic nitrogens is 3. The molecule has 2 heterocycles. The van der Waals surface area contributed by atoms with Crippen molar-refractivity contribution in [3.63, 3.8) is 0 Å². The van der Waals surface area contributed by atoms with Crippen molar-refractivity contribution in [3.05, 3.63) is 47.4 Å². The highest BCUT2D eigenvalue weighted by molar-refractivity contribution is 6.09. The molecule has 0 saturated heterocycles. The number of para-hydroxylation sites is 1. The minimum atomic E-state index is -0.482. The molecule has 1 saturated carbocycles. The largest absolute Gasteiger partial charge is 0.465 e. The van der Waals surface area contributed by atoms with Crippen LogP contribution in [0.5, 0.6) is 0 Å². The van der Waals surface area contributed by atoms with Crippen molar-refractivity contribution < 1.29 is 14.3 Å². The molecule has 1 amide bonds. The Morgan fingerprint density at radius 1 is 1.27 bits per heavy atom. The fraction of sp³-hybridized carbons (Fsp3) is 0.391. The SMILES string of the molecule is COC(=O)c1cccc2c(-c3cnn(C)c3C)cc(C(=O)NCCCC3CC3)nc12. The Balaban J connectivity index is 1.76. The Labute approximate surface area is 175 Å². The molecule has 0 atom stereocenters. The van der Waals surface area contributed by atoms with E-state index in [4.69, 9.17) is 4.74 Å². The summed E-state index contributed by atoms with van der Waals surface area (Å²) < 4.78 is 6.71. The van der Waals surface area contributed by atoms with E-state index in [1.165, 1.54) is 20.0 Å². The first-order valence-corrected chi connectivity index (χ1v) is 10.3. The maximum absolute atomic E-state index is 12.9. The van der Waals surface area contributed by atoms with Gasteiger partial charge in [0.15, 0.2) is 0 Å². The van der Waals surface area contributed by atoms with Crippen LogP contribution in [0.15, 0.2) is 30.5 Å². The van der Waals surface area contributed by atoms with E-state index in [2.05, 4.69) is 15.4 Å². The second-order valence-corrected chi connectivity index (χ2v) is 7.86. The lowest BCUT2D eigenvalue weighted by atomic mass is 9.98. The lowest BCUT2D eigenvalue weighted by molar-refractivity contribution is 0.0602. The van der Waals surface area contributed by atoms with Gasteiger partial charge >= 0.3 is 5.97 Å². The number of benzene rings is 1. The predicted molar refractivity (Wildman–Crippen MR) is 114 cm³/mol. The molecule has 3 aromatic rings. The first-order chi connectivity index (χ1) is 14.5. The summed E-state index contributed by atoms with van der Waals surface area (Å²) >= 11 is 0. The number of pyridine rings is 1. The van der Waals surface area contributed by atoms with E-state index >= 15 is 0 Å². The molecule has 2 aromatic heterocycles. The summed E-state index contributed by atoms with van der Waals surface area (Å²) in [5.41, 5.74) is 3.74. The smallest absolute Gasteiger partial charge is 0.340 e. The van der Waals surface area contributed by atoms with Crippen molar-refractivity contribution in [1.29, 1.82) is 0 Å². The average Bonchev–Trinajstić information content (AvgIpc) is 3.53. The third kappa shape index (κ3) is 3.92. The number of nitrogens with zero attached hydrogens (tertiary/aromatic N) is 3. The van der Waals surface area contributed by atoms with Gasteiger partial charge in [0.05, 0.1) is 24.4 Å². The molecule has 0 bridgehead atoms. The molecule has 1 N–H and O–H groups in total. The van der Waals surface area contributed by atoms with Gasteiger partial charge < -0.3 is 10.1 Å². The molecule has 4 rings (SSSR count). The molecule has 0 radical (unpaired) electrons. The van der Waals surface area contributed by atoms with E-state index in [9.17, 15) is 9.59 Å². The third-order valence-corrected chi connectivity index (χ3v) is 5.77. The van der Waals surface area contributed by atoms with Gasteiger partial charge in [0, 0.05) is 30.2 Å². The zero-order valence-corrected chi connectivity index (χ0v) is 17.6. The first-order valence-electron chi connectivity index (χ1n) is 10.3. The topological polar surface area (TPSA) is 86.1 Å². The van der Waals surface area contributed by atoms with E-state index in [0.29, 0.717) is 17.6 Å². The molecular weight excluding hydrogens is 380 g/mol. The normalized spacial score (nSPS) is 13.4. The summed E-state index contributed by atoms with van der Waals surface area (Å²) in [6, 6.07) is 7.14. The predicted octanol–water partition coefficient (Wildman–Crippen LogP) is 3.65. The number of esters is 1. The van der Waals surface area contributed by atoms with Gasteiger partial charge in [-0.1, -0.05) is 25.0 Å². The van der Waals surface area contributed by atoms with Crippen LogP contribution in [-0.4, -0.2) is 40.3 Å². The van der Waals surface area contributed by atoms with Gasteiger partial charge in [-0.2, -0.15) is 5.10 Å². The van der Waals surface area contributed by atoms with Crippen LogP contribution in [0.2, 0.25) is 0 Å². The minimum Gasteiger partial charge on any atom is -0.465 e. The summed E-state index contributed by atoms with van der Waals surface area (Å²) in [6.07, 6.45) is 6.50. The molecule has 7 heteroatoms. The van der Waals surface area contributed by atoms with Gasteiger partial charge in [-0.05, 0) is 43.4 Å². The third-order valence-electron chi connectivity index (χ3n) is 5.77. The van der Waals surface area contributed by atoms with Crippen LogP contribution in [-0.2, 0) is 11.8 Å². The van der Waals surface area contributed by atoms with Crippen LogP contribution in [0.25, 0.3) is 22.0 Å². The van der Waals surface area contributed by atoms with Crippen LogP contribution in [0, 0.1) is 12.8 Å². The fourth-order valence-electron chi connectivity index (χ4n) is 3.72. The lowest BCUT2D eigenvalue weighted by Gasteiger charge is -2.12. The number of hydrogen-bond donors (Lipinski definition) is 1. The fourth-order valence-corrected chi connectivity index (χ4v) is 3.72. The highest BCUT2D eigenvalue weighted by Gasteiger charge is 2.22. The number of ether oxygens (including phenoxy) is 1. The maximum Gasteiger partial charge on any atom is 0.340 e. The summed E-state index contributed by atoms with van der Waals surface area (Å²) in [5.74, 6) is 0.113. The molecule has 30 heavy (non-hydrogen) atoms. The molecule has 1 aliphatic rings. The Kier molecular flexibility index (Phi) is 5.53. The number of carbonyl (C=O) groups excluding carboxylic acids is 2. The summed E-state index contributed by atoms with van der Waals surface area (Å²) in [4.78, 5) is 29.7. The van der Waals surface area contributed by atoms with Crippen molar-refractivity contribution in [2.75, 3.05) is 13.7 Å². The molecule has 1 fully saturated rings. The second-order valence-electron chi connectivity index (χ2n) is 7.86. The molecular formula is C23H26N4O3. The summed E-state index contributed by atoms with van der Waals surface area (Å²) in [7, 11) is 3.21. The highest BCUT2D eigenvalue weighted by Crippen LogP contribution is 2.34. The molecule has 156 valence electrons. The number of aryl methyl sites for hydroxylation is 1. The lowest BCUT2D eigenvalue weighted by Crippen LogP contribution is -2.25. The molecule has 0 spiro atoms. The van der Waals surface area contributed by atoms with Gasteiger partial charge in [-0.25, -0.2) is 9.78 Å². The molecule has 7 nitrogen and oxygen atoms in total. The van der Waals surface area contributed by atoms with E-state index in [1.54, 1.807) is 29.1 Å². The number of carbonyl (C=O) groups is 2. The van der Waals surface area contributed by atoms with Crippen molar-refractivity contribution in [2.45, 2.75) is 32.6 Å². The van der Waals surface area contributed by atoms with E-state index in [-0.39, 0.29) is 11.6 Å². The van der Waals surface area contributed by atoms with E-state index in [1.807, 2.05) is 20.0 Å². The monoisotopic (exact) mass is 406 g/mol. The number of nitrogens with one attached hydrogen (secondary N) is 1. The average molecular weight is 406 g/mol. The van der Waals surface area contributed by atoms with Crippen LogP contribution in [0.4, 0.5) is 0 Å². The zero-order chi connectivity index (χ0) is 21.3. The molecule has 1 aliphatic carbocycles. The van der Waals surface area contributed by atoms with E-state index in [0.717, 1.165) is 41.0 Å². The summed E-state index contributed by atoms with van der Waals surface area (Å²) in [5, 5.41) is 8.08. The standard InChI is InChI=1S/C23H26N4O3/c1-14-19(13-25-27(14)2)18-12-20(22(28)24-11-5-6-15-9-10-15)26-21-16(18)7-4-8-17(21)23(29)30-3/h4,7-8,12-13,15H,5-6,9-11H2,1-3H3,(H,24,28). The number of hydrogen-bond acceptors (Lipinski definition) is 5. The summed E-state index contributed by atoms with van der Waals surface area (Å²) in [6.45, 7) is 2.59. The van der Waals surface area contributed by atoms with E-state index < -0.39 is 5.97 Å². The minimum absolute atomic E-state index is 0.241. The number of rotatable bonds is 7. The van der Waals surface area contributed by atoms with Crippen molar-refractivity contribution >= 4 is 22.8 Å². The first kappa shape index (κ1) is 20.1. The van der Waals surface area contributed by atoms with Crippen molar-refractivity contribution in [1.82, 2.24) is 20.1 Å². The Morgan fingerprint density at radius 3 is 2.73 bits per heavy atom.